The average molecular weight is 395 g/mol. The fourth-order valence-electron chi connectivity index (χ4n) is 3.18. The minimum absolute atomic E-state index is 0.222. The molecule has 2 heterocycles. The van der Waals surface area contributed by atoms with E-state index in [1.807, 2.05) is 7.05 Å². The molecule has 1 aliphatic rings. The van der Waals surface area contributed by atoms with Crippen molar-refractivity contribution < 1.29 is 13.2 Å². The van der Waals surface area contributed by atoms with Gasteiger partial charge in [-0.15, -0.1) is 0 Å². The SMILES string of the molecule is CN=C(NCc1ncnn1C)NC1CCN(Cc2ccc(C(F)(F)F)cc2)C1. The third-order valence-corrected chi connectivity index (χ3v) is 4.74. The molecule has 1 atom stereocenters. The summed E-state index contributed by atoms with van der Waals surface area (Å²) in [6, 6.07) is 5.59. The maximum atomic E-state index is 12.7. The number of likely N-dealkylation sites (tertiary alicyclic amines) is 1. The van der Waals surface area contributed by atoms with Gasteiger partial charge in [-0.25, -0.2) is 4.98 Å². The van der Waals surface area contributed by atoms with Crippen molar-refractivity contribution in [1.82, 2.24) is 30.3 Å². The van der Waals surface area contributed by atoms with Gasteiger partial charge in [0.1, 0.15) is 12.2 Å². The van der Waals surface area contributed by atoms with Crippen LogP contribution >= 0.6 is 0 Å². The molecule has 0 radical (unpaired) electrons. The Bertz CT molecular complexity index is 798. The number of hydrogen-bond acceptors (Lipinski definition) is 4. The molecule has 10 heteroatoms. The van der Waals surface area contributed by atoms with E-state index in [4.69, 9.17) is 0 Å². The van der Waals surface area contributed by atoms with E-state index in [1.165, 1.54) is 6.33 Å². The average Bonchev–Trinajstić information content (AvgIpc) is 3.27. The molecule has 3 rings (SSSR count). The van der Waals surface area contributed by atoms with E-state index in [1.54, 1.807) is 23.9 Å². The molecule has 0 spiro atoms. The van der Waals surface area contributed by atoms with E-state index in [9.17, 15) is 13.2 Å². The van der Waals surface area contributed by atoms with E-state index >= 15 is 0 Å². The van der Waals surface area contributed by atoms with Crippen molar-refractivity contribution in [3.63, 3.8) is 0 Å². The Balaban J connectivity index is 1.47. The Kier molecular flexibility index (Phi) is 6.18. The van der Waals surface area contributed by atoms with E-state index in [0.717, 1.165) is 43.0 Å². The van der Waals surface area contributed by atoms with Crippen LogP contribution in [0, 0.1) is 0 Å². The number of aliphatic imine (C=N–C) groups is 1. The summed E-state index contributed by atoms with van der Waals surface area (Å²) in [5.74, 6) is 1.49. The molecule has 1 aromatic heterocycles. The number of rotatable bonds is 5. The number of nitrogens with one attached hydrogen (secondary N) is 2. The van der Waals surface area contributed by atoms with E-state index < -0.39 is 11.7 Å². The first-order valence-electron chi connectivity index (χ1n) is 9.03. The van der Waals surface area contributed by atoms with Crippen molar-refractivity contribution in [3.8, 4) is 0 Å². The van der Waals surface area contributed by atoms with Gasteiger partial charge in [-0.1, -0.05) is 12.1 Å². The van der Waals surface area contributed by atoms with Crippen molar-refractivity contribution in [3.05, 3.63) is 47.5 Å². The number of nitrogens with zero attached hydrogens (tertiary/aromatic N) is 5. The highest BCUT2D eigenvalue weighted by Crippen LogP contribution is 2.29. The molecule has 28 heavy (non-hydrogen) atoms. The minimum Gasteiger partial charge on any atom is -0.352 e. The zero-order valence-corrected chi connectivity index (χ0v) is 15.9. The Hall–Kier alpha value is -2.62. The molecule has 0 saturated carbocycles. The van der Waals surface area contributed by atoms with Crippen LogP contribution in [0.25, 0.3) is 0 Å². The fourth-order valence-corrected chi connectivity index (χ4v) is 3.18. The number of hydrogen-bond donors (Lipinski definition) is 2. The number of aryl methyl sites for hydroxylation is 1. The van der Waals surface area contributed by atoms with Gasteiger partial charge in [0.15, 0.2) is 5.96 Å². The van der Waals surface area contributed by atoms with Gasteiger partial charge in [-0.3, -0.25) is 14.6 Å². The summed E-state index contributed by atoms with van der Waals surface area (Å²) in [4.78, 5) is 10.6. The number of halogens is 3. The zero-order chi connectivity index (χ0) is 20.1. The van der Waals surface area contributed by atoms with Gasteiger partial charge in [0, 0.05) is 39.8 Å². The molecule has 1 aliphatic heterocycles. The molecule has 1 fully saturated rings. The number of benzene rings is 1. The van der Waals surface area contributed by atoms with Crippen molar-refractivity contribution in [1.29, 1.82) is 0 Å². The van der Waals surface area contributed by atoms with Gasteiger partial charge in [0.2, 0.25) is 0 Å². The van der Waals surface area contributed by atoms with Gasteiger partial charge in [-0.05, 0) is 24.1 Å². The molecule has 1 unspecified atom stereocenters. The topological polar surface area (TPSA) is 70.4 Å². The monoisotopic (exact) mass is 395 g/mol. The molecule has 0 bridgehead atoms. The van der Waals surface area contributed by atoms with Gasteiger partial charge in [0.25, 0.3) is 0 Å². The minimum atomic E-state index is -4.30. The molecule has 7 nitrogen and oxygen atoms in total. The second-order valence-electron chi connectivity index (χ2n) is 6.79. The molecule has 2 N–H and O–H groups in total. The number of guanidine groups is 1. The van der Waals surface area contributed by atoms with Gasteiger partial charge in [0.05, 0.1) is 12.1 Å². The first-order chi connectivity index (χ1) is 13.3. The highest BCUT2D eigenvalue weighted by atomic mass is 19.4. The molecule has 152 valence electrons. The van der Waals surface area contributed by atoms with E-state index in [2.05, 4.69) is 30.6 Å². The molecule has 1 saturated heterocycles. The van der Waals surface area contributed by atoms with Crippen molar-refractivity contribution in [2.75, 3.05) is 20.1 Å². The molecule has 2 aromatic rings. The van der Waals surface area contributed by atoms with Crippen LogP contribution in [-0.2, 0) is 26.3 Å². The maximum Gasteiger partial charge on any atom is 0.416 e. The van der Waals surface area contributed by atoms with Gasteiger partial charge < -0.3 is 10.6 Å². The van der Waals surface area contributed by atoms with Crippen LogP contribution < -0.4 is 10.6 Å². The molecule has 0 amide bonds. The first-order valence-corrected chi connectivity index (χ1v) is 9.03. The lowest BCUT2D eigenvalue weighted by atomic mass is 10.1. The van der Waals surface area contributed by atoms with Crippen LogP contribution in [-0.4, -0.2) is 51.8 Å². The molecular formula is C18H24F3N7. The van der Waals surface area contributed by atoms with E-state index in [0.29, 0.717) is 19.0 Å². The van der Waals surface area contributed by atoms with Crippen LogP contribution in [0.15, 0.2) is 35.6 Å². The second-order valence-corrected chi connectivity index (χ2v) is 6.79. The van der Waals surface area contributed by atoms with Gasteiger partial charge >= 0.3 is 6.18 Å². The Morgan fingerprint density at radius 3 is 2.64 bits per heavy atom. The van der Waals surface area contributed by atoms with Gasteiger partial charge in [-0.2, -0.15) is 18.3 Å². The Morgan fingerprint density at radius 1 is 1.29 bits per heavy atom. The summed E-state index contributed by atoms with van der Waals surface area (Å²) >= 11 is 0. The summed E-state index contributed by atoms with van der Waals surface area (Å²) in [6.07, 6.45) is -1.86. The first kappa shape index (κ1) is 20.1. The molecule has 0 aliphatic carbocycles. The van der Waals surface area contributed by atoms with Crippen molar-refractivity contribution >= 4 is 5.96 Å². The quantitative estimate of drug-likeness (QED) is 0.597. The number of aromatic nitrogens is 3. The van der Waals surface area contributed by atoms with Crippen molar-refractivity contribution in [2.45, 2.75) is 31.7 Å². The van der Waals surface area contributed by atoms with E-state index in [-0.39, 0.29) is 6.04 Å². The standard InChI is InChI=1S/C18H24F3N7/c1-22-17(23-9-16-24-12-25-27(16)2)26-15-7-8-28(11-15)10-13-3-5-14(6-4-13)18(19,20)21/h3-6,12,15H,7-11H2,1-2H3,(H2,22,23,26). The predicted octanol–water partition coefficient (Wildman–Crippen LogP) is 1.77. The summed E-state index contributed by atoms with van der Waals surface area (Å²) in [5, 5.41) is 10.6. The van der Waals surface area contributed by atoms with Crippen molar-refractivity contribution in [2.24, 2.45) is 12.0 Å². The lowest BCUT2D eigenvalue weighted by Crippen LogP contribution is -2.44. The third-order valence-electron chi connectivity index (χ3n) is 4.74. The second kappa shape index (κ2) is 8.59. The lowest BCUT2D eigenvalue weighted by molar-refractivity contribution is -0.137. The fraction of sp³-hybridized carbons (Fsp3) is 0.500. The van der Waals surface area contributed by atoms with Crippen LogP contribution in [0.2, 0.25) is 0 Å². The largest absolute Gasteiger partial charge is 0.416 e. The smallest absolute Gasteiger partial charge is 0.352 e. The Labute approximate surface area is 161 Å². The number of alkyl halides is 3. The highest BCUT2D eigenvalue weighted by molar-refractivity contribution is 5.79. The van der Waals surface area contributed by atoms with Crippen LogP contribution in [0.4, 0.5) is 13.2 Å². The van der Waals surface area contributed by atoms with Crippen LogP contribution in [0.5, 0.6) is 0 Å². The zero-order valence-electron chi connectivity index (χ0n) is 15.9. The summed E-state index contributed by atoms with van der Waals surface area (Å²) < 4.78 is 39.7. The third kappa shape index (κ3) is 5.22. The summed E-state index contributed by atoms with van der Waals surface area (Å²) in [7, 11) is 3.54. The van der Waals surface area contributed by atoms with Crippen LogP contribution in [0.3, 0.4) is 0 Å². The Morgan fingerprint density at radius 2 is 2.04 bits per heavy atom. The summed E-state index contributed by atoms with van der Waals surface area (Å²) in [6.45, 7) is 2.81. The molecule has 1 aromatic carbocycles. The summed E-state index contributed by atoms with van der Waals surface area (Å²) in [5.41, 5.74) is 0.258. The normalized spacial score (nSPS) is 18.5. The maximum absolute atomic E-state index is 12.7. The molecular weight excluding hydrogens is 371 g/mol. The lowest BCUT2D eigenvalue weighted by Gasteiger charge is -2.19. The van der Waals surface area contributed by atoms with Crippen LogP contribution in [0.1, 0.15) is 23.4 Å². The highest BCUT2D eigenvalue weighted by Gasteiger charge is 2.30. The predicted molar refractivity (Wildman–Crippen MR) is 99.5 cm³/mol.